The number of piperidine rings is 1. The summed E-state index contributed by atoms with van der Waals surface area (Å²) >= 11 is 12.5. The monoisotopic (exact) mass is 546 g/mol. The first-order chi connectivity index (χ1) is 17.6. The molecule has 2 aromatic carbocycles. The maximum absolute atomic E-state index is 13.9. The van der Waals surface area contributed by atoms with E-state index in [1.54, 1.807) is 23.1 Å². The number of halogens is 2. The van der Waals surface area contributed by atoms with Gasteiger partial charge in [-0.05, 0) is 61.1 Å². The molecule has 0 spiro atoms. The molecule has 2 aliphatic rings. The molecule has 3 N–H and O–H groups in total. The smallest absolute Gasteiger partial charge is 0.304 e. The Kier molecular flexibility index (Phi) is 8.46. The fraction of sp³-hybridized carbons (Fsp3) is 0.464. The minimum absolute atomic E-state index is 0.198. The number of carbonyl (C=O) groups excluding carboxylic acids is 2. The average Bonchev–Trinajstić information content (AvgIpc) is 3.65. The molecule has 37 heavy (non-hydrogen) atoms. The Morgan fingerprint density at radius 1 is 1.14 bits per heavy atom. The van der Waals surface area contributed by atoms with Gasteiger partial charge in [-0.3, -0.25) is 14.4 Å². The number of carboxylic acids is 1. The van der Waals surface area contributed by atoms with E-state index in [0.29, 0.717) is 35.7 Å². The first kappa shape index (κ1) is 27.4. The normalized spacial score (nSPS) is 23.5. The lowest BCUT2D eigenvalue weighted by Crippen LogP contribution is -2.53. The van der Waals surface area contributed by atoms with Gasteiger partial charge in [-0.15, -0.1) is 0 Å². The number of aliphatic carboxylic acids is 1. The number of carbonyl (C=O) groups is 3. The van der Waals surface area contributed by atoms with E-state index in [2.05, 4.69) is 0 Å². The van der Waals surface area contributed by atoms with Crippen molar-refractivity contribution in [2.24, 2.45) is 17.1 Å². The third-order valence-corrected chi connectivity index (χ3v) is 8.15. The van der Waals surface area contributed by atoms with Crippen LogP contribution in [-0.2, 0) is 19.1 Å². The summed E-state index contributed by atoms with van der Waals surface area (Å²) in [4.78, 5) is 39.3. The van der Waals surface area contributed by atoms with Crippen molar-refractivity contribution in [3.63, 3.8) is 0 Å². The Bertz CT molecular complexity index is 1150. The van der Waals surface area contributed by atoms with Crippen molar-refractivity contribution in [3.8, 4) is 0 Å². The molecule has 1 aliphatic carbocycles. The first-order valence-corrected chi connectivity index (χ1v) is 13.3. The molecular weight excluding hydrogens is 515 g/mol. The highest BCUT2D eigenvalue weighted by atomic mass is 35.5. The number of rotatable bonds is 11. The lowest BCUT2D eigenvalue weighted by molar-refractivity contribution is -0.154. The molecule has 1 aliphatic heterocycles. The molecule has 4 atom stereocenters. The van der Waals surface area contributed by atoms with E-state index in [1.165, 1.54) is 0 Å². The van der Waals surface area contributed by atoms with Gasteiger partial charge in [0.2, 0.25) is 11.8 Å². The summed E-state index contributed by atoms with van der Waals surface area (Å²) in [5.41, 5.74) is 6.77. The molecule has 2 unspecified atom stereocenters. The number of amides is 2. The fourth-order valence-corrected chi connectivity index (χ4v) is 5.70. The molecule has 2 amide bonds. The highest BCUT2D eigenvalue weighted by Crippen LogP contribution is 2.48. The first-order valence-electron chi connectivity index (χ1n) is 12.6. The Balaban J connectivity index is 1.73. The van der Waals surface area contributed by atoms with Crippen LogP contribution in [0.25, 0.3) is 0 Å². The maximum atomic E-state index is 13.9. The Labute approximate surface area is 226 Å². The summed E-state index contributed by atoms with van der Waals surface area (Å²) in [7, 11) is 0. The van der Waals surface area contributed by atoms with Gasteiger partial charge in [0, 0.05) is 21.9 Å². The van der Waals surface area contributed by atoms with Gasteiger partial charge >= 0.3 is 5.97 Å². The predicted molar refractivity (Wildman–Crippen MR) is 141 cm³/mol. The number of carboxylic acid groups (broad SMARTS) is 1. The number of primary amides is 1. The summed E-state index contributed by atoms with van der Waals surface area (Å²) < 4.78 is 6.00. The van der Waals surface area contributed by atoms with Crippen molar-refractivity contribution in [2.45, 2.75) is 57.0 Å². The van der Waals surface area contributed by atoms with E-state index >= 15 is 0 Å². The Morgan fingerprint density at radius 3 is 2.41 bits per heavy atom. The molecule has 1 saturated heterocycles. The van der Waals surface area contributed by atoms with Gasteiger partial charge in [0.15, 0.2) is 0 Å². The summed E-state index contributed by atoms with van der Waals surface area (Å²) in [5, 5.41) is 10.7. The molecule has 0 bridgehead atoms. The van der Waals surface area contributed by atoms with Gasteiger partial charge in [-0.2, -0.15) is 0 Å². The van der Waals surface area contributed by atoms with Gasteiger partial charge in [0.25, 0.3) is 0 Å². The summed E-state index contributed by atoms with van der Waals surface area (Å²) in [6.45, 7) is 2.39. The van der Waals surface area contributed by atoms with Crippen molar-refractivity contribution >= 4 is 41.0 Å². The number of nitrogens with zero attached hydrogens (tertiary/aromatic N) is 1. The van der Waals surface area contributed by atoms with Crippen molar-refractivity contribution in [1.29, 1.82) is 0 Å². The number of likely N-dealkylation sites (tertiary alicyclic amines) is 1. The minimum atomic E-state index is -1.02. The SMILES string of the molecule is CCC(COCC1(C(N)=O)CC1)N1C(=O)[C@H](CC(=O)O)C[C@H](c2cccc(Cl)c2)C1c1ccc(Cl)cc1. The predicted octanol–water partition coefficient (Wildman–Crippen LogP) is 5.20. The zero-order chi connectivity index (χ0) is 26.7. The average molecular weight is 547 g/mol. The molecule has 2 fully saturated rings. The van der Waals surface area contributed by atoms with Crippen molar-refractivity contribution in [2.75, 3.05) is 13.2 Å². The van der Waals surface area contributed by atoms with Gasteiger partial charge in [-0.25, -0.2) is 0 Å². The summed E-state index contributed by atoms with van der Waals surface area (Å²) in [5.74, 6) is -2.49. The molecule has 1 saturated carbocycles. The van der Waals surface area contributed by atoms with E-state index in [9.17, 15) is 19.5 Å². The Hall–Kier alpha value is -2.61. The van der Waals surface area contributed by atoms with E-state index in [0.717, 1.165) is 11.1 Å². The van der Waals surface area contributed by atoms with Crippen LogP contribution in [0, 0.1) is 11.3 Å². The number of hydrogen-bond acceptors (Lipinski definition) is 4. The van der Waals surface area contributed by atoms with Crippen LogP contribution in [0.2, 0.25) is 10.0 Å². The highest BCUT2D eigenvalue weighted by Gasteiger charge is 2.50. The zero-order valence-electron chi connectivity index (χ0n) is 20.7. The molecular formula is C28H32Cl2N2O5. The number of hydrogen-bond donors (Lipinski definition) is 2. The third kappa shape index (κ3) is 6.11. The lowest BCUT2D eigenvalue weighted by atomic mass is 9.74. The molecule has 9 heteroatoms. The van der Waals surface area contributed by atoms with Gasteiger partial charge in [0.1, 0.15) is 0 Å². The molecule has 1 heterocycles. The van der Waals surface area contributed by atoms with Crippen LogP contribution < -0.4 is 5.73 Å². The quantitative estimate of drug-likeness (QED) is 0.402. The Morgan fingerprint density at radius 2 is 1.84 bits per heavy atom. The van der Waals surface area contributed by atoms with Crippen LogP contribution in [0.5, 0.6) is 0 Å². The molecule has 7 nitrogen and oxygen atoms in total. The van der Waals surface area contributed by atoms with Crippen LogP contribution in [-0.4, -0.2) is 47.0 Å². The largest absolute Gasteiger partial charge is 0.481 e. The molecule has 4 rings (SSSR count). The van der Waals surface area contributed by atoms with E-state index in [4.69, 9.17) is 33.7 Å². The topological polar surface area (TPSA) is 110 Å². The van der Waals surface area contributed by atoms with Crippen LogP contribution in [0.3, 0.4) is 0 Å². The lowest BCUT2D eigenvalue weighted by Gasteiger charge is -2.48. The van der Waals surface area contributed by atoms with Gasteiger partial charge < -0.3 is 20.5 Å². The second kappa shape index (κ2) is 11.4. The number of benzene rings is 2. The standard InChI is InChI=1S/C28H32Cl2N2O5/c1-2-22(15-37-16-28(10-11-28)27(31)36)32-25(17-6-8-20(29)9-7-17)23(18-4-3-5-21(30)12-18)13-19(26(32)35)14-24(33)34/h3-9,12,19,22-23,25H,2,10-11,13-16H2,1H3,(H2,31,36)(H,33,34)/t19-,22?,23+,25?/m0/s1. The minimum Gasteiger partial charge on any atom is -0.481 e. The molecule has 0 aromatic heterocycles. The van der Waals surface area contributed by atoms with E-state index in [1.807, 2.05) is 37.3 Å². The second-order valence-corrected chi connectivity index (χ2v) is 11.0. The van der Waals surface area contributed by atoms with Crippen molar-refractivity contribution in [1.82, 2.24) is 4.90 Å². The molecule has 0 radical (unpaired) electrons. The third-order valence-electron chi connectivity index (χ3n) is 7.66. The second-order valence-electron chi connectivity index (χ2n) is 10.2. The van der Waals surface area contributed by atoms with Crippen LogP contribution >= 0.6 is 23.2 Å². The zero-order valence-corrected chi connectivity index (χ0v) is 22.3. The maximum Gasteiger partial charge on any atom is 0.304 e. The van der Waals surface area contributed by atoms with Gasteiger partial charge in [0.05, 0.1) is 37.1 Å². The summed E-state index contributed by atoms with van der Waals surface area (Å²) in [6, 6.07) is 14.2. The van der Waals surface area contributed by atoms with Gasteiger partial charge in [-0.1, -0.05) is 54.4 Å². The number of nitrogens with two attached hydrogens (primary N) is 1. The van der Waals surface area contributed by atoms with Crippen molar-refractivity contribution in [3.05, 3.63) is 69.7 Å². The van der Waals surface area contributed by atoms with Crippen LogP contribution in [0.1, 0.15) is 62.1 Å². The van der Waals surface area contributed by atoms with Crippen LogP contribution in [0.15, 0.2) is 48.5 Å². The van der Waals surface area contributed by atoms with E-state index < -0.39 is 17.3 Å². The van der Waals surface area contributed by atoms with E-state index in [-0.39, 0.29) is 49.5 Å². The fourth-order valence-electron chi connectivity index (χ4n) is 5.37. The highest BCUT2D eigenvalue weighted by molar-refractivity contribution is 6.30. The van der Waals surface area contributed by atoms with Crippen molar-refractivity contribution < 1.29 is 24.2 Å². The molecule has 198 valence electrons. The van der Waals surface area contributed by atoms with Crippen LogP contribution in [0.4, 0.5) is 0 Å². The summed E-state index contributed by atoms with van der Waals surface area (Å²) in [6.07, 6.45) is 2.10. The number of ether oxygens (including phenoxy) is 1. The molecule has 2 aromatic rings.